The lowest BCUT2D eigenvalue weighted by Crippen LogP contribution is -2.58. The number of anilines is 1. The van der Waals surface area contributed by atoms with Crippen molar-refractivity contribution in [2.75, 3.05) is 32.5 Å². The number of carbonyl (C=O) groups is 1. The Bertz CT molecular complexity index is 759. The summed E-state index contributed by atoms with van der Waals surface area (Å²) in [6.07, 6.45) is 3.31. The molecule has 2 heterocycles. The molecule has 1 amide bonds. The minimum absolute atomic E-state index is 0.134. The smallest absolute Gasteiger partial charge is 0.247 e. The van der Waals surface area contributed by atoms with Gasteiger partial charge in [0.25, 0.3) is 0 Å². The fourth-order valence-electron chi connectivity index (χ4n) is 3.68. The van der Waals surface area contributed by atoms with Crippen LogP contribution in [0.15, 0.2) is 36.5 Å². The van der Waals surface area contributed by atoms with Crippen molar-refractivity contribution < 1.29 is 4.79 Å². The Morgan fingerprint density at radius 1 is 1.23 bits per heavy atom. The Morgan fingerprint density at radius 3 is 2.50 bits per heavy atom. The van der Waals surface area contributed by atoms with Gasteiger partial charge < -0.3 is 10.2 Å². The molecule has 1 aromatic heterocycles. The molecule has 1 fully saturated rings. The van der Waals surface area contributed by atoms with Crippen molar-refractivity contribution in [3.05, 3.63) is 47.7 Å². The summed E-state index contributed by atoms with van der Waals surface area (Å²) in [6, 6.07) is 10.4. The van der Waals surface area contributed by atoms with Crippen LogP contribution in [0.1, 0.15) is 24.0 Å². The first kappa shape index (κ1) is 18.5. The number of hydrogen-bond donors (Lipinski definition) is 1. The van der Waals surface area contributed by atoms with Crippen molar-refractivity contribution in [1.29, 1.82) is 0 Å². The summed E-state index contributed by atoms with van der Waals surface area (Å²) < 4.78 is 1.78. The molecular formula is C20H29N5O. The highest BCUT2D eigenvalue weighted by molar-refractivity contribution is 5.89. The maximum Gasteiger partial charge on any atom is 0.247 e. The van der Waals surface area contributed by atoms with Gasteiger partial charge in [-0.2, -0.15) is 5.10 Å². The molecule has 140 valence electrons. The summed E-state index contributed by atoms with van der Waals surface area (Å²) in [5.41, 5.74) is 2.11. The highest BCUT2D eigenvalue weighted by Crippen LogP contribution is 2.29. The molecule has 1 N–H and O–H groups in total. The average molecular weight is 355 g/mol. The largest absolute Gasteiger partial charge is 0.356 e. The number of rotatable bonds is 5. The van der Waals surface area contributed by atoms with E-state index in [0.29, 0.717) is 0 Å². The molecule has 26 heavy (non-hydrogen) atoms. The Morgan fingerprint density at radius 2 is 1.92 bits per heavy atom. The molecular weight excluding hydrogens is 326 g/mol. The van der Waals surface area contributed by atoms with E-state index in [4.69, 9.17) is 0 Å². The Hall–Kier alpha value is -2.34. The second-order valence-corrected chi connectivity index (χ2v) is 7.45. The molecule has 0 bridgehead atoms. The van der Waals surface area contributed by atoms with Crippen molar-refractivity contribution in [2.24, 2.45) is 7.05 Å². The first-order chi connectivity index (χ1) is 12.4. The number of aromatic nitrogens is 2. The first-order valence-electron chi connectivity index (χ1n) is 9.16. The van der Waals surface area contributed by atoms with Gasteiger partial charge in [-0.15, -0.1) is 0 Å². The zero-order chi connectivity index (χ0) is 18.7. The van der Waals surface area contributed by atoms with Crippen LogP contribution in [0, 0.1) is 6.92 Å². The SMILES string of the molecule is Cc1ccccc1CN1CCC(Nc2ccnn2C)(C(=O)N(C)C)CC1. The monoisotopic (exact) mass is 355 g/mol. The van der Waals surface area contributed by atoms with Crippen molar-refractivity contribution in [3.63, 3.8) is 0 Å². The average Bonchev–Trinajstić information content (AvgIpc) is 3.02. The van der Waals surface area contributed by atoms with Crippen LogP contribution in [0.5, 0.6) is 0 Å². The number of likely N-dealkylation sites (N-methyl/N-ethyl adjacent to an activating group) is 1. The molecule has 0 saturated carbocycles. The van der Waals surface area contributed by atoms with Crippen LogP contribution in [0.25, 0.3) is 0 Å². The number of nitrogens with zero attached hydrogens (tertiary/aromatic N) is 4. The van der Waals surface area contributed by atoms with E-state index >= 15 is 0 Å². The fourth-order valence-corrected chi connectivity index (χ4v) is 3.68. The molecule has 1 aliphatic heterocycles. The highest BCUT2D eigenvalue weighted by atomic mass is 16.2. The van der Waals surface area contributed by atoms with E-state index in [1.165, 1.54) is 11.1 Å². The number of hydrogen-bond acceptors (Lipinski definition) is 4. The summed E-state index contributed by atoms with van der Waals surface area (Å²) in [5.74, 6) is 1.02. The summed E-state index contributed by atoms with van der Waals surface area (Å²) in [5, 5.41) is 7.72. The van der Waals surface area contributed by atoms with Gasteiger partial charge >= 0.3 is 0 Å². The minimum atomic E-state index is -0.570. The van der Waals surface area contributed by atoms with E-state index in [1.807, 2.05) is 27.2 Å². The third-order valence-electron chi connectivity index (χ3n) is 5.37. The predicted octanol–water partition coefficient (Wildman–Crippen LogP) is 2.26. The molecule has 0 atom stereocenters. The molecule has 2 aromatic rings. The number of amides is 1. The number of nitrogens with one attached hydrogen (secondary N) is 1. The van der Waals surface area contributed by atoms with Crippen LogP contribution >= 0.6 is 0 Å². The van der Waals surface area contributed by atoms with E-state index in [2.05, 4.69) is 46.5 Å². The fraction of sp³-hybridized carbons (Fsp3) is 0.500. The van der Waals surface area contributed by atoms with Gasteiger partial charge in [0.05, 0.1) is 6.20 Å². The molecule has 0 unspecified atom stereocenters. The standard InChI is InChI=1S/C20H29N5O/c1-16-7-5-6-8-17(16)15-25-13-10-20(11-14-25,19(26)23(2)3)22-18-9-12-21-24(18)4/h5-9,12,22H,10-11,13-15H2,1-4H3. The Kier molecular flexibility index (Phi) is 5.32. The van der Waals surface area contributed by atoms with Crippen molar-refractivity contribution in [2.45, 2.75) is 31.8 Å². The topological polar surface area (TPSA) is 53.4 Å². The van der Waals surface area contributed by atoms with Crippen LogP contribution in [0.3, 0.4) is 0 Å². The lowest BCUT2D eigenvalue weighted by Gasteiger charge is -2.43. The lowest BCUT2D eigenvalue weighted by atomic mass is 9.85. The molecule has 0 spiro atoms. The number of piperidine rings is 1. The van der Waals surface area contributed by atoms with Gasteiger partial charge in [-0.05, 0) is 30.9 Å². The minimum Gasteiger partial charge on any atom is -0.356 e. The van der Waals surface area contributed by atoms with Gasteiger partial charge in [0.1, 0.15) is 11.4 Å². The van der Waals surface area contributed by atoms with Gasteiger partial charge in [-0.1, -0.05) is 24.3 Å². The zero-order valence-corrected chi connectivity index (χ0v) is 16.2. The maximum absolute atomic E-state index is 13.0. The van der Waals surface area contributed by atoms with E-state index < -0.39 is 5.54 Å². The molecule has 0 aliphatic carbocycles. The van der Waals surface area contributed by atoms with E-state index in [1.54, 1.807) is 15.8 Å². The second-order valence-electron chi connectivity index (χ2n) is 7.45. The molecule has 6 nitrogen and oxygen atoms in total. The number of aryl methyl sites for hydroxylation is 2. The molecule has 6 heteroatoms. The van der Waals surface area contributed by atoms with Crippen molar-refractivity contribution in [1.82, 2.24) is 19.6 Å². The van der Waals surface area contributed by atoms with Crippen molar-refractivity contribution >= 4 is 11.7 Å². The normalized spacial score (nSPS) is 17.1. The molecule has 3 rings (SSSR count). The summed E-state index contributed by atoms with van der Waals surface area (Å²) in [6.45, 7) is 4.87. The summed E-state index contributed by atoms with van der Waals surface area (Å²) in [7, 11) is 5.55. The Balaban J connectivity index is 1.73. The van der Waals surface area contributed by atoms with E-state index in [0.717, 1.165) is 38.3 Å². The van der Waals surface area contributed by atoms with Crippen LogP contribution < -0.4 is 5.32 Å². The van der Waals surface area contributed by atoms with Gasteiger partial charge in [-0.3, -0.25) is 14.4 Å². The summed E-state index contributed by atoms with van der Waals surface area (Å²) in [4.78, 5) is 17.1. The molecule has 1 aliphatic rings. The maximum atomic E-state index is 13.0. The molecule has 0 radical (unpaired) electrons. The number of likely N-dealkylation sites (tertiary alicyclic amines) is 1. The second kappa shape index (κ2) is 7.50. The third-order valence-corrected chi connectivity index (χ3v) is 5.37. The van der Waals surface area contributed by atoms with E-state index in [9.17, 15) is 4.79 Å². The van der Waals surface area contributed by atoms with Gasteiger partial charge in [0.15, 0.2) is 0 Å². The quantitative estimate of drug-likeness (QED) is 0.894. The first-order valence-corrected chi connectivity index (χ1v) is 9.16. The zero-order valence-electron chi connectivity index (χ0n) is 16.2. The van der Waals surface area contributed by atoms with E-state index in [-0.39, 0.29) is 5.91 Å². The molecule has 1 aromatic carbocycles. The summed E-state index contributed by atoms with van der Waals surface area (Å²) >= 11 is 0. The van der Waals surface area contributed by atoms with Crippen LogP contribution in [-0.4, -0.2) is 58.2 Å². The van der Waals surface area contributed by atoms with Crippen LogP contribution in [0.2, 0.25) is 0 Å². The van der Waals surface area contributed by atoms with Gasteiger partial charge in [-0.25, -0.2) is 0 Å². The highest BCUT2D eigenvalue weighted by Gasteiger charge is 2.42. The lowest BCUT2D eigenvalue weighted by molar-refractivity contribution is -0.135. The van der Waals surface area contributed by atoms with Crippen LogP contribution in [-0.2, 0) is 18.4 Å². The number of carbonyl (C=O) groups excluding carboxylic acids is 1. The Labute approximate surface area is 155 Å². The molecule has 1 saturated heterocycles. The van der Waals surface area contributed by atoms with Crippen molar-refractivity contribution in [3.8, 4) is 0 Å². The predicted molar refractivity (Wildman–Crippen MR) is 104 cm³/mol. The van der Waals surface area contributed by atoms with Crippen LogP contribution in [0.4, 0.5) is 5.82 Å². The third kappa shape index (κ3) is 3.75. The van der Waals surface area contributed by atoms with Gasteiger partial charge in [0, 0.05) is 46.8 Å². The van der Waals surface area contributed by atoms with Gasteiger partial charge in [0.2, 0.25) is 5.91 Å². The number of benzene rings is 1.